The zero-order valence-electron chi connectivity index (χ0n) is 24.2. The van der Waals surface area contributed by atoms with Gasteiger partial charge in [-0.3, -0.25) is 9.59 Å². The van der Waals surface area contributed by atoms with E-state index in [9.17, 15) is 14.7 Å². The van der Waals surface area contributed by atoms with E-state index in [2.05, 4.69) is 45.0 Å². The summed E-state index contributed by atoms with van der Waals surface area (Å²) in [5.41, 5.74) is -0.817. The number of thioether (sulfide) groups is 1. The summed E-state index contributed by atoms with van der Waals surface area (Å²) < 4.78 is 13.4. The lowest BCUT2D eigenvalue weighted by atomic mass is 9.46. The van der Waals surface area contributed by atoms with Crippen LogP contribution in [0, 0.1) is 28.6 Å². The summed E-state index contributed by atoms with van der Waals surface area (Å²) in [5, 5.41) is 14.3. The molecule has 7 rings (SSSR count). The second-order valence-electron chi connectivity index (χ2n) is 13.3. The molecule has 0 spiro atoms. The maximum Gasteiger partial charge on any atom is 0.178 e. The Hall–Kier alpha value is -2.25. The van der Waals surface area contributed by atoms with Gasteiger partial charge >= 0.3 is 0 Å². The van der Waals surface area contributed by atoms with Gasteiger partial charge in [0.25, 0.3) is 0 Å². The van der Waals surface area contributed by atoms with Gasteiger partial charge < -0.3 is 14.6 Å². The number of aliphatic hydroxyl groups excluding tert-OH is 1. The van der Waals surface area contributed by atoms with Crippen molar-refractivity contribution in [3.05, 3.63) is 66.3 Å². The number of Topliss-reactive ketones (excluding diaryl/α,β-unsaturated/α-hetero) is 1. The molecule has 4 fully saturated rings. The van der Waals surface area contributed by atoms with Gasteiger partial charge in [0.2, 0.25) is 0 Å². The summed E-state index contributed by atoms with van der Waals surface area (Å²) in [6.07, 6.45) is 8.87. The molecule has 1 saturated heterocycles. The van der Waals surface area contributed by atoms with Crippen LogP contribution in [0.1, 0.15) is 59.3 Å². The van der Waals surface area contributed by atoms with E-state index in [1.54, 1.807) is 23.9 Å². The van der Waals surface area contributed by atoms with Crippen molar-refractivity contribution in [2.45, 2.75) is 88.3 Å². The molecule has 1 heterocycles. The van der Waals surface area contributed by atoms with Crippen molar-refractivity contribution in [1.82, 2.24) is 0 Å². The quantitative estimate of drug-likeness (QED) is 0.390. The van der Waals surface area contributed by atoms with E-state index in [0.717, 1.165) is 53.3 Å². The first-order valence-electron chi connectivity index (χ1n) is 15.3. The Kier molecular flexibility index (Phi) is 6.66. The van der Waals surface area contributed by atoms with E-state index in [1.807, 2.05) is 24.3 Å². The minimum atomic E-state index is -1.07. The molecule has 5 nitrogen and oxygen atoms in total. The highest BCUT2D eigenvalue weighted by Crippen LogP contribution is 2.69. The Bertz CT molecular complexity index is 1460. The molecule has 216 valence electrons. The predicted octanol–water partition coefficient (Wildman–Crippen LogP) is 6.67. The zero-order chi connectivity index (χ0) is 28.6. The minimum Gasteiger partial charge on any atom is -0.393 e. The molecule has 5 aliphatic rings. The molecule has 3 saturated carbocycles. The summed E-state index contributed by atoms with van der Waals surface area (Å²) in [5.74, 6) is 0.849. The number of benzene rings is 2. The summed E-state index contributed by atoms with van der Waals surface area (Å²) in [6.45, 7) is 6.50. The SMILES string of the molecule is CCC[C@@H]1O[C@@H]2CC3C4CCC5=CC(=O)C=CC5(C)C4C(O)CC3(C)[C@]2(C(=O)CSc2cccc3ccccc23)O1. The van der Waals surface area contributed by atoms with Crippen molar-refractivity contribution in [1.29, 1.82) is 0 Å². The Morgan fingerprint density at radius 2 is 1.95 bits per heavy atom. The molecule has 1 aliphatic heterocycles. The van der Waals surface area contributed by atoms with Crippen LogP contribution >= 0.6 is 11.8 Å². The lowest BCUT2D eigenvalue weighted by Crippen LogP contribution is -2.63. The largest absolute Gasteiger partial charge is 0.393 e. The van der Waals surface area contributed by atoms with Crippen LogP contribution < -0.4 is 0 Å². The first kappa shape index (κ1) is 27.6. The van der Waals surface area contributed by atoms with Gasteiger partial charge in [-0.2, -0.15) is 0 Å². The number of fused-ring (bicyclic) bond motifs is 8. The number of ketones is 2. The Labute approximate surface area is 246 Å². The molecule has 6 heteroatoms. The van der Waals surface area contributed by atoms with Crippen LogP contribution in [0.4, 0.5) is 0 Å². The van der Waals surface area contributed by atoms with E-state index in [0.29, 0.717) is 12.2 Å². The first-order chi connectivity index (χ1) is 19.7. The smallest absolute Gasteiger partial charge is 0.178 e. The van der Waals surface area contributed by atoms with Crippen LogP contribution in [0.5, 0.6) is 0 Å². The van der Waals surface area contributed by atoms with E-state index in [-0.39, 0.29) is 40.8 Å². The van der Waals surface area contributed by atoms with E-state index in [4.69, 9.17) is 9.47 Å². The minimum absolute atomic E-state index is 0.00685. The highest BCUT2D eigenvalue weighted by Gasteiger charge is 2.75. The van der Waals surface area contributed by atoms with Crippen molar-refractivity contribution in [2.75, 3.05) is 5.75 Å². The molecule has 0 amide bonds. The van der Waals surface area contributed by atoms with Crippen LogP contribution in [0.2, 0.25) is 0 Å². The molecule has 1 N–H and O–H groups in total. The van der Waals surface area contributed by atoms with Gasteiger partial charge in [-0.05, 0) is 72.9 Å². The van der Waals surface area contributed by atoms with Crippen molar-refractivity contribution in [2.24, 2.45) is 28.6 Å². The second-order valence-corrected chi connectivity index (χ2v) is 14.4. The fourth-order valence-corrected chi connectivity index (χ4v) is 10.6. The molecule has 0 radical (unpaired) electrons. The van der Waals surface area contributed by atoms with Crippen LogP contribution in [-0.2, 0) is 19.1 Å². The number of ether oxygens (including phenoxy) is 2. The number of allylic oxidation sites excluding steroid dienone is 4. The summed E-state index contributed by atoms with van der Waals surface area (Å²) in [6, 6.07) is 14.5. The van der Waals surface area contributed by atoms with Gasteiger partial charge in [-0.1, -0.05) is 75.2 Å². The zero-order valence-corrected chi connectivity index (χ0v) is 25.0. The summed E-state index contributed by atoms with van der Waals surface area (Å²) in [7, 11) is 0. The average molecular weight is 573 g/mol. The molecular weight excluding hydrogens is 532 g/mol. The van der Waals surface area contributed by atoms with Gasteiger partial charge in [0.15, 0.2) is 23.5 Å². The second kappa shape index (κ2) is 9.90. The number of carbonyl (C=O) groups is 2. The van der Waals surface area contributed by atoms with Crippen molar-refractivity contribution >= 4 is 34.1 Å². The lowest BCUT2D eigenvalue weighted by molar-refractivity contribution is -0.197. The average Bonchev–Trinajstić information content (AvgIpc) is 3.44. The molecule has 2 aromatic rings. The molecule has 9 atom stereocenters. The Morgan fingerprint density at radius 3 is 2.78 bits per heavy atom. The highest BCUT2D eigenvalue weighted by molar-refractivity contribution is 8.00. The van der Waals surface area contributed by atoms with Gasteiger partial charge in [-0.25, -0.2) is 0 Å². The topological polar surface area (TPSA) is 72.8 Å². The van der Waals surface area contributed by atoms with Crippen molar-refractivity contribution in [3.63, 3.8) is 0 Å². The lowest BCUT2D eigenvalue weighted by Gasteiger charge is -2.59. The third kappa shape index (κ3) is 3.93. The highest BCUT2D eigenvalue weighted by atomic mass is 32.2. The summed E-state index contributed by atoms with van der Waals surface area (Å²) in [4.78, 5) is 27.9. The molecule has 41 heavy (non-hydrogen) atoms. The fraction of sp³-hybridized carbons (Fsp3) is 0.543. The van der Waals surface area contributed by atoms with Crippen LogP contribution in [0.3, 0.4) is 0 Å². The van der Waals surface area contributed by atoms with Gasteiger partial charge in [0.1, 0.15) is 0 Å². The van der Waals surface area contributed by atoms with E-state index < -0.39 is 23.4 Å². The van der Waals surface area contributed by atoms with Crippen molar-refractivity contribution in [3.8, 4) is 0 Å². The molecule has 4 aliphatic carbocycles. The van der Waals surface area contributed by atoms with Crippen LogP contribution in [-0.4, -0.2) is 46.5 Å². The number of aliphatic hydroxyl groups is 1. The van der Waals surface area contributed by atoms with Crippen molar-refractivity contribution < 1.29 is 24.2 Å². The van der Waals surface area contributed by atoms with E-state index in [1.165, 1.54) is 0 Å². The molecule has 0 bridgehead atoms. The fourth-order valence-electron chi connectivity index (χ4n) is 9.58. The van der Waals surface area contributed by atoms with Crippen LogP contribution in [0.15, 0.2) is 71.2 Å². The normalized spacial score (nSPS) is 41.0. The number of hydrogen-bond acceptors (Lipinski definition) is 6. The first-order valence-corrected chi connectivity index (χ1v) is 16.3. The standard InChI is InChI=1S/C35H40O5S/c1-4-8-31-39-30-18-26-25-14-13-22-17-23(36)15-16-33(22,2)32(25)27(37)19-34(26,3)35(30,40-31)29(38)20-41-28-12-7-10-21-9-5-6-11-24(21)28/h5-7,9-12,15-17,25-27,30-32,37H,4,8,13-14,18-20H2,1-3H3/t25?,26?,27?,30-,31-,32?,33?,34?,35-/m1/s1. The molecular formula is C35H40O5S. The van der Waals surface area contributed by atoms with Gasteiger partial charge in [-0.15, -0.1) is 11.8 Å². The molecule has 0 aromatic heterocycles. The third-order valence-electron chi connectivity index (χ3n) is 11.3. The Morgan fingerprint density at radius 1 is 1.15 bits per heavy atom. The number of hydrogen-bond donors (Lipinski definition) is 1. The monoisotopic (exact) mass is 572 g/mol. The van der Waals surface area contributed by atoms with Gasteiger partial charge in [0.05, 0.1) is 18.0 Å². The third-order valence-corrected chi connectivity index (χ3v) is 12.4. The summed E-state index contributed by atoms with van der Waals surface area (Å²) >= 11 is 1.58. The Balaban J connectivity index is 1.23. The van der Waals surface area contributed by atoms with Crippen LogP contribution in [0.25, 0.3) is 10.8 Å². The number of carbonyl (C=O) groups excluding carboxylic acids is 2. The van der Waals surface area contributed by atoms with Gasteiger partial charge in [0, 0.05) is 21.6 Å². The predicted molar refractivity (Wildman–Crippen MR) is 160 cm³/mol. The molecule has 2 aromatic carbocycles. The maximum absolute atomic E-state index is 14.6. The molecule has 6 unspecified atom stereocenters. The van der Waals surface area contributed by atoms with E-state index >= 15 is 0 Å². The maximum atomic E-state index is 14.6. The number of rotatable bonds is 6.